The molecule has 1 saturated heterocycles. The van der Waals surface area contributed by atoms with Crippen LogP contribution in [0.1, 0.15) is 12.5 Å². The lowest BCUT2D eigenvalue weighted by Gasteiger charge is -2.33. The van der Waals surface area contributed by atoms with Crippen molar-refractivity contribution < 1.29 is 8.42 Å². The first-order valence-corrected chi connectivity index (χ1v) is 7.69. The maximum absolute atomic E-state index is 11.7. The van der Waals surface area contributed by atoms with Crippen LogP contribution in [-0.4, -0.2) is 32.5 Å². The van der Waals surface area contributed by atoms with E-state index in [1.807, 2.05) is 4.90 Å². The van der Waals surface area contributed by atoms with Gasteiger partial charge in [0.25, 0.3) is 0 Å². The Labute approximate surface area is 112 Å². The number of halogens is 1. The van der Waals surface area contributed by atoms with E-state index in [0.29, 0.717) is 23.7 Å². The molecule has 1 fully saturated rings. The molecular formula is C12H13ClN2O2S. The van der Waals surface area contributed by atoms with Crippen molar-refractivity contribution in [2.45, 2.75) is 12.2 Å². The Bertz CT molecular complexity index is 607. The minimum atomic E-state index is -2.98. The van der Waals surface area contributed by atoms with E-state index in [1.165, 1.54) is 0 Å². The normalized spacial score (nSPS) is 22.5. The number of hydrogen-bond donors (Lipinski definition) is 0. The Morgan fingerprint density at radius 1 is 1.50 bits per heavy atom. The number of nitriles is 1. The average Bonchev–Trinajstić information content (AvgIpc) is 2.33. The molecule has 0 bridgehead atoms. The van der Waals surface area contributed by atoms with E-state index in [2.05, 4.69) is 6.07 Å². The largest absolute Gasteiger partial charge is 0.368 e. The van der Waals surface area contributed by atoms with Crippen LogP contribution in [-0.2, 0) is 9.84 Å². The van der Waals surface area contributed by atoms with Crippen molar-refractivity contribution in [1.29, 1.82) is 5.26 Å². The van der Waals surface area contributed by atoms with Crippen LogP contribution >= 0.6 is 11.6 Å². The quantitative estimate of drug-likeness (QED) is 0.789. The lowest BCUT2D eigenvalue weighted by Crippen LogP contribution is -2.45. The lowest BCUT2D eigenvalue weighted by molar-refractivity contribution is 0.569. The Hall–Kier alpha value is -1.25. The zero-order chi connectivity index (χ0) is 13.3. The zero-order valence-electron chi connectivity index (χ0n) is 9.93. The van der Waals surface area contributed by atoms with Gasteiger partial charge in [-0.3, -0.25) is 0 Å². The molecule has 1 atom stereocenters. The minimum absolute atomic E-state index is 0.127. The standard InChI is InChI=1S/C12H13ClN2O2S/c1-9-8-15(4-5-18(9,16)17)12-3-2-11(13)6-10(12)7-14/h2-3,6,9H,4-5,8H2,1H3. The van der Waals surface area contributed by atoms with E-state index in [4.69, 9.17) is 16.9 Å². The third-order valence-corrected chi connectivity index (χ3v) is 5.52. The number of anilines is 1. The molecule has 0 aliphatic carbocycles. The fourth-order valence-corrected chi connectivity index (χ4v) is 3.50. The van der Waals surface area contributed by atoms with Crippen molar-refractivity contribution in [3.63, 3.8) is 0 Å². The van der Waals surface area contributed by atoms with E-state index in [-0.39, 0.29) is 5.75 Å². The van der Waals surface area contributed by atoms with Gasteiger partial charge < -0.3 is 4.90 Å². The molecule has 6 heteroatoms. The highest BCUT2D eigenvalue weighted by atomic mass is 35.5. The molecule has 96 valence electrons. The molecule has 2 rings (SSSR count). The first-order chi connectivity index (χ1) is 8.44. The van der Waals surface area contributed by atoms with Crippen LogP contribution in [0.25, 0.3) is 0 Å². The minimum Gasteiger partial charge on any atom is -0.368 e. The molecule has 1 aliphatic rings. The third kappa shape index (κ3) is 2.45. The number of nitrogens with zero attached hydrogens (tertiary/aromatic N) is 2. The van der Waals surface area contributed by atoms with Gasteiger partial charge in [-0.25, -0.2) is 8.42 Å². The van der Waals surface area contributed by atoms with Gasteiger partial charge in [0.2, 0.25) is 0 Å². The van der Waals surface area contributed by atoms with E-state index in [9.17, 15) is 8.42 Å². The zero-order valence-corrected chi connectivity index (χ0v) is 11.5. The maximum atomic E-state index is 11.7. The van der Waals surface area contributed by atoms with Gasteiger partial charge in [0, 0.05) is 18.1 Å². The van der Waals surface area contributed by atoms with E-state index < -0.39 is 15.1 Å². The van der Waals surface area contributed by atoms with Gasteiger partial charge >= 0.3 is 0 Å². The fraction of sp³-hybridized carbons (Fsp3) is 0.417. The van der Waals surface area contributed by atoms with Gasteiger partial charge in [0.15, 0.2) is 9.84 Å². The van der Waals surface area contributed by atoms with Crippen molar-refractivity contribution in [3.8, 4) is 6.07 Å². The first-order valence-electron chi connectivity index (χ1n) is 5.60. The van der Waals surface area contributed by atoms with Crippen LogP contribution in [0.4, 0.5) is 5.69 Å². The summed E-state index contributed by atoms with van der Waals surface area (Å²) < 4.78 is 23.3. The number of hydrogen-bond acceptors (Lipinski definition) is 4. The van der Waals surface area contributed by atoms with Gasteiger partial charge in [-0.1, -0.05) is 11.6 Å². The van der Waals surface area contributed by atoms with Crippen molar-refractivity contribution in [2.75, 3.05) is 23.7 Å². The SMILES string of the molecule is CC1CN(c2ccc(Cl)cc2C#N)CCS1(=O)=O. The van der Waals surface area contributed by atoms with E-state index in [0.717, 1.165) is 5.69 Å². The van der Waals surface area contributed by atoms with Crippen LogP contribution in [0.15, 0.2) is 18.2 Å². The maximum Gasteiger partial charge on any atom is 0.156 e. The molecule has 0 N–H and O–H groups in total. The van der Waals surface area contributed by atoms with E-state index >= 15 is 0 Å². The fourth-order valence-electron chi connectivity index (χ4n) is 2.05. The molecule has 18 heavy (non-hydrogen) atoms. The van der Waals surface area contributed by atoms with Crippen LogP contribution in [0.5, 0.6) is 0 Å². The predicted molar refractivity (Wildman–Crippen MR) is 71.6 cm³/mol. The molecule has 0 radical (unpaired) electrons. The second-order valence-corrected chi connectivity index (χ2v) is 7.37. The highest BCUT2D eigenvalue weighted by molar-refractivity contribution is 7.92. The molecular weight excluding hydrogens is 272 g/mol. The summed E-state index contributed by atoms with van der Waals surface area (Å²) in [6.45, 7) is 2.53. The lowest BCUT2D eigenvalue weighted by atomic mass is 10.1. The molecule has 1 aromatic rings. The Balaban J connectivity index is 2.32. The highest BCUT2D eigenvalue weighted by Crippen LogP contribution is 2.26. The third-order valence-electron chi connectivity index (χ3n) is 3.16. The summed E-state index contributed by atoms with van der Waals surface area (Å²) in [5.41, 5.74) is 1.23. The van der Waals surface area contributed by atoms with Gasteiger partial charge in [-0.15, -0.1) is 0 Å². The second kappa shape index (κ2) is 4.79. The monoisotopic (exact) mass is 284 g/mol. The molecule has 0 saturated carbocycles. The van der Waals surface area contributed by atoms with Crippen molar-refractivity contribution >= 4 is 27.1 Å². The number of sulfone groups is 1. The predicted octanol–water partition coefficient (Wildman–Crippen LogP) is 1.83. The molecule has 0 aromatic heterocycles. The van der Waals surface area contributed by atoms with Crippen molar-refractivity contribution in [1.82, 2.24) is 0 Å². The smallest absolute Gasteiger partial charge is 0.156 e. The molecule has 0 spiro atoms. The molecule has 1 unspecified atom stereocenters. The van der Waals surface area contributed by atoms with Crippen LogP contribution in [0.2, 0.25) is 5.02 Å². The van der Waals surface area contributed by atoms with Gasteiger partial charge in [0.1, 0.15) is 6.07 Å². The van der Waals surface area contributed by atoms with E-state index in [1.54, 1.807) is 25.1 Å². The van der Waals surface area contributed by atoms with Crippen LogP contribution < -0.4 is 4.90 Å². The summed E-state index contributed by atoms with van der Waals surface area (Å²) in [6.07, 6.45) is 0. The van der Waals surface area contributed by atoms with Crippen molar-refractivity contribution in [2.24, 2.45) is 0 Å². The molecule has 1 aromatic carbocycles. The molecule has 1 heterocycles. The number of rotatable bonds is 1. The Morgan fingerprint density at radius 3 is 2.83 bits per heavy atom. The second-order valence-electron chi connectivity index (χ2n) is 4.40. The summed E-state index contributed by atoms with van der Waals surface area (Å²) in [4.78, 5) is 1.93. The average molecular weight is 285 g/mol. The van der Waals surface area contributed by atoms with Gasteiger partial charge in [0.05, 0.1) is 22.3 Å². The first kappa shape index (κ1) is 13.2. The molecule has 0 amide bonds. The summed E-state index contributed by atoms with van der Waals surface area (Å²) >= 11 is 5.84. The summed E-state index contributed by atoms with van der Waals surface area (Å²) in [5.74, 6) is 0.127. The molecule has 4 nitrogen and oxygen atoms in total. The highest BCUT2D eigenvalue weighted by Gasteiger charge is 2.30. The van der Waals surface area contributed by atoms with Crippen LogP contribution in [0, 0.1) is 11.3 Å². The van der Waals surface area contributed by atoms with Gasteiger partial charge in [-0.2, -0.15) is 5.26 Å². The van der Waals surface area contributed by atoms with Crippen LogP contribution in [0.3, 0.4) is 0 Å². The topological polar surface area (TPSA) is 61.2 Å². The van der Waals surface area contributed by atoms with Gasteiger partial charge in [-0.05, 0) is 25.1 Å². The Kier molecular flexibility index (Phi) is 3.51. The summed E-state index contributed by atoms with van der Waals surface area (Å²) in [7, 11) is -2.98. The number of benzene rings is 1. The Morgan fingerprint density at radius 2 is 2.22 bits per heavy atom. The van der Waals surface area contributed by atoms with Crippen molar-refractivity contribution in [3.05, 3.63) is 28.8 Å². The summed E-state index contributed by atoms with van der Waals surface area (Å²) in [5, 5.41) is 9.19. The summed E-state index contributed by atoms with van der Waals surface area (Å²) in [6, 6.07) is 7.18. The molecule has 1 aliphatic heterocycles.